The molecule has 1 aromatic carbocycles. The van der Waals surface area contributed by atoms with Gasteiger partial charge < -0.3 is 5.32 Å². The van der Waals surface area contributed by atoms with Crippen LogP contribution in [0.5, 0.6) is 0 Å². The zero-order chi connectivity index (χ0) is 11.9. The minimum atomic E-state index is 1.08. The van der Waals surface area contributed by atoms with Crippen LogP contribution in [0.3, 0.4) is 0 Å². The summed E-state index contributed by atoms with van der Waals surface area (Å²) in [5.41, 5.74) is 4.71. The molecular weight excluding hydrogens is 206 g/mol. The van der Waals surface area contributed by atoms with E-state index in [9.17, 15) is 0 Å². The summed E-state index contributed by atoms with van der Waals surface area (Å²) in [4.78, 5) is 0. The van der Waals surface area contributed by atoms with E-state index < -0.39 is 0 Å². The van der Waals surface area contributed by atoms with Crippen LogP contribution in [0.2, 0.25) is 0 Å². The molecule has 0 radical (unpaired) electrons. The Morgan fingerprint density at radius 1 is 1.06 bits per heavy atom. The third kappa shape index (κ3) is 4.01. The molecule has 0 heterocycles. The van der Waals surface area contributed by atoms with Crippen LogP contribution in [0.4, 0.5) is 0 Å². The van der Waals surface area contributed by atoms with E-state index in [0.29, 0.717) is 0 Å². The molecule has 1 aliphatic carbocycles. The zero-order valence-corrected chi connectivity index (χ0v) is 10.8. The Labute approximate surface area is 105 Å². The van der Waals surface area contributed by atoms with Crippen molar-refractivity contribution in [2.45, 2.75) is 39.0 Å². The van der Waals surface area contributed by atoms with Crippen LogP contribution < -0.4 is 5.32 Å². The molecule has 1 aromatic rings. The highest BCUT2D eigenvalue weighted by atomic mass is 14.8. The summed E-state index contributed by atoms with van der Waals surface area (Å²) in [6, 6.07) is 10.7. The number of hydrogen-bond donors (Lipinski definition) is 1. The molecule has 0 atom stereocenters. The monoisotopic (exact) mass is 229 g/mol. The predicted molar refractivity (Wildman–Crippen MR) is 74.2 cm³/mol. The molecule has 1 nitrogen and oxygen atoms in total. The molecule has 0 unspecified atom stereocenters. The lowest BCUT2D eigenvalue weighted by molar-refractivity contribution is 0.627. The lowest BCUT2D eigenvalue weighted by Gasteiger charge is -2.18. The summed E-state index contributed by atoms with van der Waals surface area (Å²) in [6.07, 6.45) is 6.53. The second kappa shape index (κ2) is 6.61. The molecule has 0 bridgehead atoms. The number of nitrogens with one attached hydrogen (secondary N) is 1. The first kappa shape index (κ1) is 12.4. The molecule has 0 aliphatic heterocycles. The lowest BCUT2D eigenvalue weighted by atomic mass is 9.93. The fourth-order valence-corrected chi connectivity index (χ4v) is 2.47. The molecule has 0 saturated heterocycles. The molecule has 17 heavy (non-hydrogen) atoms. The SMILES string of the molecule is CC1=C(CNCCc2ccccc2)CCCC1. The van der Waals surface area contributed by atoms with E-state index in [4.69, 9.17) is 0 Å². The second-order valence-corrected chi connectivity index (χ2v) is 5.00. The van der Waals surface area contributed by atoms with Crippen LogP contribution >= 0.6 is 0 Å². The Hall–Kier alpha value is -1.08. The van der Waals surface area contributed by atoms with Gasteiger partial charge in [0.1, 0.15) is 0 Å². The van der Waals surface area contributed by atoms with Crippen molar-refractivity contribution in [3.05, 3.63) is 47.0 Å². The van der Waals surface area contributed by atoms with Gasteiger partial charge in [-0.05, 0) is 51.1 Å². The Morgan fingerprint density at radius 2 is 1.82 bits per heavy atom. The Morgan fingerprint density at radius 3 is 2.59 bits per heavy atom. The van der Waals surface area contributed by atoms with Crippen molar-refractivity contribution in [3.63, 3.8) is 0 Å². The maximum Gasteiger partial charge on any atom is 0.0167 e. The van der Waals surface area contributed by atoms with E-state index in [0.717, 1.165) is 19.5 Å². The Balaban J connectivity index is 1.70. The van der Waals surface area contributed by atoms with Crippen LogP contribution in [-0.4, -0.2) is 13.1 Å². The largest absolute Gasteiger partial charge is 0.313 e. The van der Waals surface area contributed by atoms with E-state index in [-0.39, 0.29) is 0 Å². The highest BCUT2D eigenvalue weighted by Crippen LogP contribution is 2.23. The van der Waals surface area contributed by atoms with Crippen molar-refractivity contribution in [1.29, 1.82) is 0 Å². The highest BCUT2D eigenvalue weighted by Gasteiger charge is 2.08. The summed E-state index contributed by atoms with van der Waals surface area (Å²) in [6.45, 7) is 4.48. The van der Waals surface area contributed by atoms with Gasteiger partial charge >= 0.3 is 0 Å². The summed E-state index contributed by atoms with van der Waals surface area (Å²) < 4.78 is 0. The van der Waals surface area contributed by atoms with Crippen molar-refractivity contribution in [1.82, 2.24) is 5.32 Å². The molecule has 0 saturated carbocycles. The highest BCUT2D eigenvalue weighted by molar-refractivity contribution is 5.17. The van der Waals surface area contributed by atoms with Crippen molar-refractivity contribution >= 4 is 0 Å². The fourth-order valence-electron chi connectivity index (χ4n) is 2.47. The van der Waals surface area contributed by atoms with Crippen LogP contribution in [-0.2, 0) is 6.42 Å². The predicted octanol–water partition coefficient (Wildman–Crippen LogP) is 3.71. The van der Waals surface area contributed by atoms with Crippen molar-refractivity contribution in [3.8, 4) is 0 Å². The van der Waals surface area contributed by atoms with E-state index in [1.54, 1.807) is 11.1 Å². The summed E-state index contributed by atoms with van der Waals surface area (Å²) >= 11 is 0. The quantitative estimate of drug-likeness (QED) is 0.599. The average Bonchev–Trinajstić information content (AvgIpc) is 2.38. The number of allylic oxidation sites excluding steroid dienone is 1. The van der Waals surface area contributed by atoms with E-state index in [1.807, 2.05) is 0 Å². The summed E-state index contributed by atoms with van der Waals surface area (Å²) in [7, 11) is 0. The minimum absolute atomic E-state index is 1.08. The third-order valence-corrected chi connectivity index (χ3v) is 3.66. The Kier molecular flexibility index (Phi) is 4.81. The van der Waals surface area contributed by atoms with Gasteiger partial charge in [-0.15, -0.1) is 0 Å². The van der Waals surface area contributed by atoms with E-state index in [1.165, 1.54) is 31.2 Å². The normalized spacial score (nSPS) is 16.3. The smallest absolute Gasteiger partial charge is 0.0167 e. The van der Waals surface area contributed by atoms with Gasteiger partial charge in [0.2, 0.25) is 0 Å². The molecule has 2 rings (SSSR count). The maximum atomic E-state index is 3.58. The first-order valence-corrected chi connectivity index (χ1v) is 6.78. The first-order valence-electron chi connectivity index (χ1n) is 6.78. The van der Waals surface area contributed by atoms with Gasteiger partial charge in [-0.1, -0.05) is 41.5 Å². The molecule has 0 fully saturated rings. The molecular formula is C16H23N. The van der Waals surface area contributed by atoms with E-state index >= 15 is 0 Å². The van der Waals surface area contributed by atoms with Gasteiger partial charge in [0, 0.05) is 6.54 Å². The fraction of sp³-hybridized carbons (Fsp3) is 0.500. The van der Waals surface area contributed by atoms with Crippen LogP contribution in [0.25, 0.3) is 0 Å². The molecule has 1 heteroatoms. The molecule has 1 aliphatic rings. The van der Waals surface area contributed by atoms with Crippen molar-refractivity contribution in [2.24, 2.45) is 0 Å². The van der Waals surface area contributed by atoms with E-state index in [2.05, 4.69) is 42.6 Å². The van der Waals surface area contributed by atoms with Gasteiger partial charge in [-0.25, -0.2) is 0 Å². The van der Waals surface area contributed by atoms with Gasteiger partial charge in [-0.3, -0.25) is 0 Å². The number of rotatable bonds is 5. The van der Waals surface area contributed by atoms with Crippen LogP contribution in [0, 0.1) is 0 Å². The lowest BCUT2D eigenvalue weighted by Crippen LogP contribution is -2.21. The Bertz CT molecular complexity index is 364. The zero-order valence-electron chi connectivity index (χ0n) is 10.8. The average molecular weight is 229 g/mol. The van der Waals surface area contributed by atoms with Crippen molar-refractivity contribution in [2.75, 3.05) is 13.1 Å². The molecule has 0 amide bonds. The minimum Gasteiger partial charge on any atom is -0.313 e. The number of hydrogen-bond acceptors (Lipinski definition) is 1. The van der Waals surface area contributed by atoms with Gasteiger partial charge in [-0.2, -0.15) is 0 Å². The van der Waals surface area contributed by atoms with Crippen LogP contribution in [0.1, 0.15) is 38.2 Å². The summed E-state index contributed by atoms with van der Waals surface area (Å²) in [5.74, 6) is 0. The second-order valence-electron chi connectivity index (χ2n) is 5.00. The molecule has 0 aromatic heterocycles. The molecule has 0 spiro atoms. The van der Waals surface area contributed by atoms with Gasteiger partial charge in [0.15, 0.2) is 0 Å². The standard InChI is InChI=1S/C16H23N/c1-14-7-5-6-10-16(14)13-17-12-11-15-8-3-2-4-9-15/h2-4,8-9,17H,5-7,10-13H2,1H3. The third-order valence-electron chi connectivity index (χ3n) is 3.66. The van der Waals surface area contributed by atoms with Gasteiger partial charge in [0.25, 0.3) is 0 Å². The maximum absolute atomic E-state index is 3.58. The van der Waals surface area contributed by atoms with Gasteiger partial charge in [0.05, 0.1) is 0 Å². The van der Waals surface area contributed by atoms with Crippen molar-refractivity contribution < 1.29 is 0 Å². The topological polar surface area (TPSA) is 12.0 Å². The van der Waals surface area contributed by atoms with Crippen LogP contribution in [0.15, 0.2) is 41.5 Å². The first-order chi connectivity index (χ1) is 8.36. The molecule has 1 N–H and O–H groups in total. The molecule has 92 valence electrons. The number of benzene rings is 1. The summed E-state index contributed by atoms with van der Waals surface area (Å²) in [5, 5.41) is 3.58.